The van der Waals surface area contributed by atoms with Crippen LogP contribution in [0, 0.1) is 12.3 Å². The van der Waals surface area contributed by atoms with Crippen LogP contribution in [-0.4, -0.2) is 20.3 Å². The fourth-order valence-corrected chi connectivity index (χ4v) is 1.63. The second-order valence-corrected chi connectivity index (χ2v) is 3.88. The number of ether oxygens (including phenoxy) is 2. The maximum Gasteiger partial charge on any atom is 0.165 e. The summed E-state index contributed by atoms with van der Waals surface area (Å²) in [6.07, 6.45) is 6.81. The van der Waals surface area contributed by atoms with Gasteiger partial charge in [-0.3, -0.25) is 0 Å². The van der Waals surface area contributed by atoms with E-state index in [0.717, 1.165) is 43.0 Å². The van der Waals surface area contributed by atoms with E-state index < -0.39 is 0 Å². The minimum Gasteiger partial charge on any atom is -0.493 e. The monoisotopic (exact) mass is 247 g/mol. The third-order valence-corrected chi connectivity index (χ3v) is 2.56. The highest BCUT2D eigenvalue weighted by atomic mass is 16.5. The molecule has 1 aromatic rings. The van der Waals surface area contributed by atoms with Crippen LogP contribution in [0.4, 0.5) is 0 Å². The lowest BCUT2D eigenvalue weighted by Gasteiger charge is -2.15. The highest BCUT2D eigenvalue weighted by molar-refractivity contribution is 5.46. The number of rotatable bonds is 8. The van der Waals surface area contributed by atoms with Gasteiger partial charge in [-0.25, -0.2) is 0 Å². The molecule has 0 radical (unpaired) electrons. The Hall–Kier alpha value is -1.66. The second-order valence-electron chi connectivity index (χ2n) is 3.88. The van der Waals surface area contributed by atoms with Gasteiger partial charge in [-0.2, -0.15) is 0 Å². The average molecular weight is 247 g/mol. The van der Waals surface area contributed by atoms with Crippen molar-refractivity contribution in [3.8, 4) is 23.8 Å². The summed E-state index contributed by atoms with van der Waals surface area (Å²) in [5.41, 5.74) is 1.11. The number of nitrogens with one attached hydrogen (secondary N) is 1. The number of benzene rings is 1. The molecular formula is C15H21NO2. The fraction of sp³-hybridized carbons (Fsp3) is 0.467. The van der Waals surface area contributed by atoms with E-state index >= 15 is 0 Å². The molecule has 1 rings (SSSR count). The third-order valence-electron chi connectivity index (χ3n) is 2.56. The standard InChI is InChI=1S/C15H21NO2/c1-4-6-7-11-18-15-13(12-16-5-2)9-8-10-14(15)17-3/h1,8-10,16H,5-7,11-12H2,2-3H3. The van der Waals surface area contributed by atoms with Crippen molar-refractivity contribution in [3.05, 3.63) is 23.8 Å². The molecule has 0 saturated heterocycles. The molecule has 0 atom stereocenters. The fourth-order valence-electron chi connectivity index (χ4n) is 1.63. The van der Waals surface area contributed by atoms with Crippen LogP contribution >= 0.6 is 0 Å². The molecule has 3 nitrogen and oxygen atoms in total. The molecule has 0 bridgehead atoms. The molecular weight excluding hydrogens is 226 g/mol. The van der Waals surface area contributed by atoms with Crippen LogP contribution in [0.2, 0.25) is 0 Å². The highest BCUT2D eigenvalue weighted by Gasteiger charge is 2.09. The van der Waals surface area contributed by atoms with Gasteiger partial charge in [0.1, 0.15) is 0 Å². The molecule has 1 aromatic carbocycles. The predicted molar refractivity (Wildman–Crippen MR) is 73.9 cm³/mol. The zero-order valence-corrected chi connectivity index (χ0v) is 11.2. The lowest BCUT2D eigenvalue weighted by atomic mass is 10.2. The highest BCUT2D eigenvalue weighted by Crippen LogP contribution is 2.31. The largest absolute Gasteiger partial charge is 0.493 e. The summed E-state index contributed by atoms with van der Waals surface area (Å²) in [7, 11) is 1.65. The number of hydrogen-bond acceptors (Lipinski definition) is 3. The van der Waals surface area contributed by atoms with Crippen molar-refractivity contribution in [2.75, 3.05) is 20.3 Å². The molecule has 0 aliphatic carbocycles. The van der Waals surface area contributed by atoms with Gasteiger partial charge in [-0.15, -0.1) is 12.3 Å². The van der Waals surface area contributed by atoms with Gasteiger partial charge in [-0.05, 0) is 19.0 Å². The van der Waals surface area contributed by atoms with E-state index in [9.17, 15) is 0 Å². The van der Waals surface area contributed by atoms with Gasteiger partial charge in [0, 0.05) is 18.5 Å². The zero-order chi connectivity index (χ0) is 13.2. The summed E-state index contributed by atoms with van der Waals surface area (Å²) < 4.78 is 11.1. The number of para-hydroxylation sites is 1. The van der Waals surface area contributed by atoms with E-state index in [2.05, 4.69) is 18.2 Å². The molecule has 0 saturated carbocycles. The zero-order valence-electron chi connectivity index (χ0n) is 11.2. The average Bonchev–Trinajstić information content (AvgIpc) is 2.41. The van der Waals surface area contributed by atoms with Gasteiger partial charge in [0.2, 0.25) is 0 Å². The number of hydrogen-bond donors (Lipinski definition) is 1. The number of unbranched alkanes of at least 4 members (excludes halogenated alkanes) is 1. The van der Waals surface area contributed by atoms with E-state index in [1.165, 1.54) is 0 Å². The SMILES string of the molecule is C#CCCCOc1c(CNCC)cccc1OC. The lowest BCUT2D eigenvalue weighted by Crippen LogP contribution is -2.13. The van der Waals surface area contributed by atoms with Gasteiger partial charge in [0.25, 0.3) is 0 Å². The van der Waals surface area contributed by atoms with Gasteiger partial charge >= 0.3 is 0 Å². The molecule has 0 unspecified atom stereocenters. The maximum absolute atomic E-state index is 5.80. The summed E-state index contributed by atoms with van der Waals surface area (Å²) in [5.74, 6) is 4.19. The molecule has 18 heavy (non-hydrogen) atoms. The second kappa shape index (κ2) is 8.43. The smallest absolute Gasteiger partial charge is 0.165 e. The van der Waals surface area contributed by atoms with Gasteiger partial charge < -0.3 is 14.8 Å². The van der Waals surface area contributed by atoms with E-state index in [1.807, 2.05) is 18.2 Å². The first-order valence-electron chi connectivity index (χ1n) is 6.26. The van der Waals surface area contributed by atoms with E-state index in [4.69, 9.17) is 15.9 Å². The van der Waals surface area contributed by atoms with Crippen molar-refractivity contribution >= 4 is 0 Å². The first kappa shape index (κ1) is 14.4. The molecule has 0 aliphatic heterocycles. The van der Waals surface area contributed by atoms with Crippen molar-refractivity contribution in [3.63, 3.8) is 0 Å². The van der Waals surface area contributed by atoms with Crippen LogP contribution in [0.5, 0.6) is 11.5 Å². The van der Waals surface area contributed by atoms with Gasteiger partial charge in [-0.1, -0.05) is 19.1 Å². The first-order valence-corrected chi connectivity index (χ1v) is 6.26. The van der Waals surface area contributed by atoms with Crippen LogP contribution in [0.1, 0.15) is 25.3 Å². The molecule has 0 aliphatic rings. The van der Waals surface area contributed by atoms with Crippen LogP contribution < -0.4 is 14.8 Å². The summed E-state index contributed by atoms with van der Waals surface area (Å²) in [5, 5.41) is 3.29. The molecule has 0 heterocycles. The van der Waals surface area contributed by atoms with Crippen molar-refractivity contribution in [1.82, 2.24) is 5.32 Å². The predicted octanol–water partition coefficient (Wildman–Crippen LogP) is 2.60. The minimum absolute atomic E-state index is 0.615. The Balaban J connectivity index is 2.73. The van der Waals surface area contributed by atoms with Gasteiger partial charge in [0.15, 0.2) is 11.5 Å². The molecule has 0 aromatic heterocycles. The Morgan fingerprint density at radius 1 is 1.39 bits per heavy atom. The topological polar surface area (TPSA) is 30.5 Å². The lowest BCUT2D eigenvalue weighted by molar-refractivity contribution is 0.287. The Bertz CT molecular complexity index is 396. The third kappa shape index (κ3) is 4.31. The minimum atomic E-state index is 0.615. The molecule has 0 fully saturated rings. The van der Waals surface area contributed by atoms with E-state index in [0.29, 0.717) is 6.61 Å². The summed E-state index contributed by atoms with van der Waals surface area (Å²) in [6.45, 7) is 4.39. The summed E-state index contributed by atoms with van der Waals surface area (Å²) >= 11 is 0. The van der Waals surface area contributed by atoms with E-state index in [-0.39, 0.29) is 0 Å². The van der Waals surface area contributed by atoms with Gasteiger partial charge in [0.05, 0.1) is 13.7 Å². The molecule has 3 heteroatoms. The molecule has 0 amide bonds. The Labute approximate surface area is 109 Å². The first-order chi connectivity index (χ1) is 8.83. The van der Waals surface area contributed by atoms with Crippen molar-refractivity contribution in [2.24, 2.45) is 0 Å². The van der Waals surface area contributed by atoms with Crippen LogP contribution in [-0.2, 0) is 6.54 Å². The maximum atomic E-state index is 5.80. The Morgan fingerprint density at radius 2 is 2.22 bits per heavy atom. The normalized spacial score (nSPS) is 9.83. The van der Waals surface area contributed by atoms with Crippen molar-refractivity contribution in [2.45, 2.75) is 26.3 Å². The van der Waals surface area contributed by atoms with Crippen molar-refractivity contribution in [1.29, 1.82) is 0 Å². The summed E-state index contributed by atoms with van der Waals surface area (Å²) in [4.78, 5) is 0. The number of terminal acetylenes is 1. The van der Waals surface area contributed by atoms with E-state index in [1.54, 1.807) is 7.11 Å². The Morgan fingerprint density at radius 3 is 2.89 bits per heavy atom. The van der Waals surface area contributed by atoms with Crippen molar-refractivity contribution < 1.29 is 9.47 Å². The van der Waals surface area contributed by atoms with Crippen LogP contribution in [0.15, 0.2) is 18.2 Å². The number of methoxy groups -OCH3 is 1. The molecule has 98 valence electrons. The van der Waals surface area contributed by atoms with Crippen LogP contribution in [0.3, 0.4) is 0 Å². The molecule has 1 N–H and O–H groups in total. The molecule has 0 spiro atoms. The van der Waals surface area contributed by atoms with Crippen LogP contribution in [0.25, 0.3) is 0 Å². The Kier molecular flexibility index (Phi) is 6.75. The summed E-state index contributed by atoms with van der Waals surface area (Å²) in [6, 6.07) is 5.92. The quantitative estimate of drug-likeness (QED) is 0.566.